The number of sulfonamides is 1. The van der Waals surface area contributed by atoms with Crippen molar-refractivity contribution in [3.8, 4) is 11.5 Å². The van der Waals surface area contributed by atoms with Crippen molar-refractivity contribution >= 4 is 15.9 Å². The molecule has 3 aromatic rings. The van der Waals surface area contributed by atoms with Crippen molar-refractivity contribution in [1.29, 1.82) is 0 Å². The molecule has 0 fully saturated rings. The number of carbonyl (C=O) groups is 1. The fourth-order valence-electron chi connectivity index (χ4n) is 3.50. The first-order chi connectivity index (χ1) is 15.9. The van der Waals surface area contributed by atoms with Crippen LogP contribution in [-0.4, -0.2) is 39.9 Å². The zero-order valence-corrected chi connectivity index (χ0v) is 19.7. The molecule has 7 nitrogen and oxygen atoms in total. The Morgan fingerprint density at radius 3 is 2.18 bits per heavy atom. The largest absolute Gasteiger partial charge is 0.497 e. The second kappa shape index (κ2) is 11.0. The van der Waals surface area contributed by atoms with Crippen LogP contribution in [0.25, 0.3) is 0 Å². The van der Waals surface area contributed by atoms with Crippen LogP contribution in [0.15, 0.2) is 83.8 Å². The van der Waals surface area contributed by atoms with Crippen LogP contribution >= 0.6 is 0 Å². The van der Waals surface area contributed by atoms with Gasteiger partial charge in [-0.15, -0.1) is 0 Å². The van der Waals surface area contributed by atoms with Crippen molar-refractivity contribution < 1.29 is 22.7 Å². The van der Waals surface area contributed by atoms with Gasteiger partial charge in [-0.1, -0.05) is 48.5 Å². The van der Waals surface area contributed by atoms with E-state index in [2.05, 4.69) is 5.32 Å². The summed E-state index contributed by atoms with van der Waals surface area (Å²) < 4.78 is 38.3. The van der Waals surface area contributed by atoms with Crippen LogP contribution < -0.4 is 14.8 Å². The summed E-state index contributed by atoms with van der Waals surface area (Å²) in [5.74, 6) is 1.04. The molecule has 0 saturated carbocycles. The summed E-state index contributed by atoms with van der Waals surface area (Å²) in [7, 11) is 0.800. The summed E-state index contributed by atoms with van der Waals surface area (Å²) in [6.07, 6.45) is -0.0515. The van der Waals surface area contributed by atoms with Crippen molar-refractivity contribution in [2.24, 2.45) is 0 Å². The number of benzene rings is 3. The maximum Gasteiger partial charge on any atom is 0.243 e. The molecule has 33 heavy (non-hydrogen) atoms. The second-order valence-corrected chi connectivity index (χ2v) is 9.41. The van der Waals surface area contributed by atoms with Gasteiger partial charge < -0.3 is 14.8 Å². The van der Waals surface area contributed by atoms with Gasteiger partial charge in [0.2, 0.25) is 15.9 Å². The van der Waals surface area contributed by atoms with E-state index in [0.717, 1.165) is 5.56 Å². The topological polar surface area (TPSA) is 84.9 Å². The first-order valence-electron chi connectivity index (χ1n) is 10.4. The number of hydrogen-bond acceptors (Lipinski definition) is 5. The van der Waals surface area contributed by atoms with E-state index in [-0.39, 0.29) is 23.8 Å². The number of para-hydroxylation sites is 1. The summed E-state index contributed by atoms with van der Waals surface area (Å²) in [6, 6.07) is 21.9. The number of nitrogens with zero attached hydrogens (tertiary/aromatic N) is 1. The fraction of sp³-hybridized carbons (Fsp3) is 0.240. The summed E-state index contributed by atoms with van der Waals surface area (Å²) in [4.78, 5) is 13.1. The van der Waals surface area contributed by atoms with Gasteiger partial charge in [0.05, 0.1) is 25.2 Å². The van der Waals surface area contributed by atoms with Crippen molar-refractivity contribution in [1.82, 2.24) is 9.62 Å². The number of hydrogen-bond donors (Lipinski definition) is 1. The monoisotopic (exact) mass is 468 g/mol. The van der Waals surface area contributed by atoms with Gasteiger partial charge in [0.1, 0.15) is 11.5 Å². The maximum atomic E-state index is 13.3. The van der Waals surface area contributed by atoms with Crippen LogP contribution in [0.2, 0.25) is 0 Å². The van der Waals surface area contributed by atoms with Gasteiger partial charge in [0, 0.05) is 25.6 Å². The minimum atomic E-state index is -3.82. The van der Waals surface area contributed by atoms with E-state index in [1.54, 1.807) is 68.8 Å². The number of carbonyl (C=O) groups excluding carboxylic acids is 1. The molecular formula is C25H28N2O5S. The van der Waals surface area contributed by atoms with E-state index >= 15 is 0 Å². The molecule has 1 amide bonds. The highest BCUT2D eigenvalue weighted by Gasteiger charge is 2.30. The molecule has 3 aromatic carbocycles. The second-order valence-electron chi connectivity index (χ2n) is 7.42. The molecule has 0 aliphatic carbocycles. The third-order valence-corrected chi connectivity index (χ3v) is 7.29. The fourth-order valence-corrected chi connectivity index (χ4v) is 4.86. The highest BCUT2D eigenvalue weighted by molar-refractivity contribution is 7.89. The summed E-state index contributed by atoms with van der Waals surface area (Å²) >= 11 is 0. The van der Waals surface area contributed by atoms with Crippen LogP contribution in [0, 0.1) is 0 Å². The molecule has 0 aromatic heterocycles. The number of rotatable bonds is 10. The first-order valence-corrected chi connectivity index (χ1v) is 11.9. The normalized spacial score (nSPS) is 12.2. The molecule has 0 bridgehead atoms. The smallest absolute Gasteiger partial charge is 0.243 e. The summed E-state index contributed by atoms with van der Waals surface area (Å²) in [5, 5.41) is 2.88. The van der Waals surface area contributed by atoms with Crippen molar-refractivity contribution in [3.05, 3.63) is 90.0 Å². The van der Waals surface area contributed by atoms with Gasteiger partial charge in [-0.05, 0) is 35.9 Å². The predicted molar refractivity (Wildman–Crippen MR) is 127 cm³/mol. The Morgan fingerprint density at radius 1 is 0.909 bits per heavy atom. The molecular weight excluding hydrogens is 440 g/mol. The molecule has 0 spiro atoms. The van der Waals surface area contributed by atoms with Crippen molar-refractivity contribution in [2.75, 3.05) is 21.3 Å². The number of ether oxygens (including phenoxy) is 2. The zero-order chi connectivity index (χ0) is 23.8. The summed E-state index contributed by atoms with van der Waals surface area (Å²) in [6.45, 7) is 0.271. The number of methoxy groups -OCH3 is 2. The lowest BCUT2D eigenvalue weighted by molar-refractivity contribution is -0.122. The van der Waals surface area contributed by atoms with Crippen LogP contribution in [0.4, 0.5) is 0 Å². The minimum absolute atomic E-state index is 0.0515. The molecule has 0 aliphatic heterocycles. The lowest BCUT2D eigenvalue weighted by Gasteiger charge is -2.28. The van der Waals surface area contributed by atoms with Crippen molar-refractivity contribution in [2.45, 2.75) is 23.9 Å². The van der Waals surface area contributed by atoms with Gasteiger partial charge in [-0.2, -0.15) is 4.31 Å². The van der Waals surface area contributed by atoms with Crippen LogP contribution in [0.1, 0.15) is 23.6 Å². The van der Waals surface area contributed by atoms with E-state index in [0.29, 0.717) is 17.1 Å². The lowest BCUT2D eigenvalue weighted by atomic mass is 10.0. The number of nitrogens with one attached hydrogen (secondary N) is 1. The predicted octanol–water partition coefficient (Wildman–Crippen LogP) is 3.77. The highest BCUT2D eigenvalue weighted by atomic mass is 32.2. The van der Waals surface area contributed by atoms with Gasteiger partial charge in [0.25, 0.3) is 0 Å². The maximum absolute atomic E-state index is 13.3. The Bertz CT molecular complexity index is 1160. The van der Waals surface area contributed by atoms with Gasteiger partial charge in [-0.3, -0.25) is 4.79 Å². The van der Waals surface area contributed by atoms with Crippen LogP contribution in [-0.2, 0) is 21.4 Å². The Balaban J connectivity index is 1.84. The average molecular weight is 469 g/mol. The van der Waals surface area contributed by atoms with Crippen molar-refractivity contribution in [3.63, 3.8) is 0 Å². The van der Waals surface area contributed by atoms with Crippen LogP contribution in [0.3, 0.4) is 0 Å². The molecule has 1 N–H and O–H groups in total. The Morgan fingerprint density at radius 2 is 1.55 bits per heavy atom. The summed E-state index contributed by atoms with van der Waals surface area (Å²) in [5.41, 5.74) is 1.52. The molecule has 0 saturated heterocycles. The first kappa shape index (κ1) is 24.3. The quantitative estimate of drug-likeness (QED) is 0.490. The van der Waals surface area contributed by atoms with Gasteiger partial charge in [-0.25, -0.2) is 8.42 Å². The molecule has 0 heterocycles. The standard InChI is InChI=1S/C25H28N2O5S/c1-27(33(29,30)22-10-5-4-6-11-22)23(19-13-15-21(31-2)16-14-19)17-25(28)26-18-20-9-7-8-12-24(20)32-3/h4-16,23H,17-18H2,1-3H3,(H,26,28)/t23-/m0/s1. The Hall–Kier alpha value is -3.36. The van der Waals surface area contributed by atoms with E-state index in [1.807, 2.05) is 24.3 Å². The lowest BCUT2D eigenvalue weighted by Crippen LogP contribution is -2.35. The Labute approximate surface area is 195 Å². The average Bonchev–Trinajstić information content (AvgIpc) is 2.86. The van der Waals surface area contributed by atoms with Crippen LogP contribution in [0.5, 0.6) is 11.5 Å². The molecule has 0 radical (unpaired) electrons. The van der Waals surface area contributed by atoms with E-state index in [4.69, 9.17) is 9.47 Å². The molecule has 174 valence electrons. The Kier molecular flexibility index (Phi) is 8.08. The van der Waals surface area contributed by atoms with E-state index in [9.17, 15) is 13.2 Å². The molecule has 0 aliphatic rings. The van der Waals surface area contributed by atoms with E-state index < -0.39 is 16.1 Å². The SMILES string of the molecule is COc1ccc([C@H](CC(=O)NCc2ccccc2OC)N(C)S(=O)(=O)c2ccccc2)cc1. The number of amides is 1. The van der Waals surface area contributed by atoms with E-state index in [1.165, 1.54) is 11.4 Å². The minimum Gasteiger partial charge on any atom is -0.497 e. The third-order valence-electron chi connectivity index (χ3n) is 5.41. The third kappa shape index (κ3) is 5.91. The molecule has 0 unspecified atom stereocenters. The molecule has 3 rings (SSSR count). The molecule has 1 atom stereocenters. The molecule has 8 heteroatoms. The highest BCUT2D eigenvalue weighted by Crippen LogP contribution is 2.30. The zero-order valence-electron chi connectivity index (χ0n) is 18.9. The van der Waals surface area contributed by atoms with Gasteiger partial charge in [0.15, 0.2) is 0 Å². The van der Waals surface area contributed by atoms with Gasteiger partial charge >= 0.3 is 0 Å².